The van der Waals surface area contributed by atoms with Gasteiger partial charge in [0.15, 0.2) is 0 Å². The van der Waals surface area contributed by atoms with Gasteiger partial charge < -0.3 is 5.73 Å². The number of hydrogen-bond donors (Lipinski definition) is 3. The summed E-state index contributed by atoms with van der Waals surface area (Å²) < 4.78 is 0. The minimum absolute atomic E-state index is 0.143. The summed E-state index contributed by atoms with van der Waals surface area (Å²) in [6, 6.07) is -0.290. The SMILES string of the molecule is NNC(=O)CN1CCC1C(N)=O. The molecule has 1 aliphatic rings. The van der Waals surface area contributed by atoms with Crippen molar-refractivity contribution in [1.82, 2.24) is 10.3 Å². The summed E-state index contributed by atoms with van der Waals surface area (Å²) in [6.45, 7) is 0.866. The summed E-state index contributed by atoms with van der Waals surface area (Å²) in [6.07, 6.45) is 0.729. The largest absolute Gasteiger partial charge is 0.368 e. The Kier molecular flexibility index (Phi) is 2.61. The highest BCUT2D eigenvalue weighted by molar-refractivity contribution is 5.83. The number of nitrogens with zero attached hydrogens (tertiary/aromatic N) is 1. The van der Waals surface area contributed by atoms with Crippen LogP contribution < -0.4 is 17.0 Å². The lowest BCUT2D eigenvalue weighted by molar-refractivity contribution is -0.131. The average molecular weight is 172 g/mol. The van der Waals surface area contributed by atoms with Crippen LogP contribution in [0.1, 0.15) is 6.42 Å². The Morgan fingerprint density at radius 3 is 2.58 bits per heavy atom. The smallest absolute Gasteiger partial charge is 0.248 e. The number of likely N-dealkylation sites (tertiary alicyclic amines) is 1. The van der Waals surface area contributed by atoms with Gasteiger partial charge in [-0.2, -0.15) is 0 Å². The van der Waals surface area contributed by atoms with E-state index in [1.165, 1.54) is 0 Å². The van der Waals surface area contributed by atoms with Crippen molar-refractivity contribution in [1.29, 1.82) is 0 Å². The zero-order valence-corrected chi connectivity index (χ0v) is 6.62. The molecular weight excluding hydrogens is 160 g/mol. The van der Waals surface area contributed by atoms with Crippen molar-refractivity contribution >= 4 is 11.8 Å². The molecule has 1 heterocycles. The number of nitrogens with one attached hydrogen (secondary N) is 1. The first-order valence-corrected chi connectivity index (χ1v) is 3.68. The second-order valence-corrected chi connectivity index (χ2v) is 2.74. The predicted octanol–water partition coefficient (Wildman–Crippen LogP) is -2.46. The molecule has 0 radical (unpaired) electrons. The van der Waals surface area contributed by atoms with E-state index in [2.05, 4.69) is 0 Å². The molecule has 0 aliphatic carbocycles. The van der Waals surface area contributed by atoms with E-state index in [-0.39, 0.29) is 24.4 Å². The lowest BCUT2D eigenvalue weighted by Crippen LogP contribution is -2.57. The van der Waals surface area contributed by atoms with Crippen molar-refractivity contribution in [2.24, 2.45) is 11.6 Å². The van der Waals surface area contributed by atoms with Crippen molar-refractivity contribution in [3.63, 3.8) is 0 Å². The number of hydrazine groups is 1. The fraction of sp³-hybridized carbons (Fsp3) is 0.667. The molecule has 68 valence electrons. The van der Waals surface area contributed by atoms with Crippen molar-refractivity contribution in [3.8, 4) is 0 Å². The van der Waals surface area contributed by atoms with Gasteiger partial charge in [-0.25, -0.2) is 5.84 Å². The van der Waals surface area contributed by atoms with E-state index in [0.29, 0.717) is 0 Å². The summed E-state index contributed by atoms with van der Waals surface area (Å²) in [5, 5.41) is 0. The Balaban J connectivity index is 2.34. The Morgan fingerprint density at radius 2 is 2.25 bits per heavy atom. The lowest BCUT2D eigenvalue weighted by atomic mass is 10.0. The Labute approximate surface area is 69.8 Å². The molecule has 0 bridgehead atoms. The number of amides is 2. The number of rotatable bonds is 3. The third kappa shape index (κ3) is 1.72. The van der Waals surface area contributed by atoms with Crippen LogP contribution in [-0.2, 0) is 9.59 Å². The fourth-order valence-electron chi connectivity index (χ4n) is 1.18. The van der Waals surface area contributed by atoms with Crippen LogP contribution in [0.4, 0.5) is 0 Å². The minimum atomic E-state index is -0.383. The van der Waals surface area contributed by atoms with Gasteiger partial charge in [0.2, 0.25) is 11.8 Å². The first-order chi connectivity index (χ1) is 5.65. The molecule has 6 nitrogen and oxygen atoms in total. The molecular formula is C6H12N4O2. The minimum Gasteiger partial charge on any atom is -0.368 e. The van der Waals surface area contributed by atoms with E-state index in [1.807, 2.05) is 5.43 Å². The maximum atomic E-state index is 10.8. The molecule has 1 rings (SSSR count). The number of carbonyl (C=O) groups excluding carboxylic acids is 2. The maximum absolute atomic E-state index is 10.8. The molecule has 0 aromatic carbocycles. The molecule has 1 aliphatic heterocycles. The Morgan fingerprint density at radius 1 is 1.58 bits per heavy atom. The van der Waals surface area contributed by atoms with Gasteiger partial charge >= 0.3 is 0 Å². The molecule has 1 fully saturated rings. The highest BCUT2D eigenvalue weighted by atomic mass is 16.2. The average Bonchev–Trinajstić information content (AvgIpc) is 1.96. The lowest BCUT2D eigenvalue weighted by Gasteiger charge is -2.37. The topological polar surface area (TPSA) is 101 Å². The van der Waals surface area contributed by atoms with E-state index in [9.17, 15) is 9.59 Å². The highest BCUT2D eigenvalue weighted by Crippen LogP contribution is 2.15. The van der Waals surface area contributed by atoms with Gasteiger partial charge in [0, 0.05) is 6.54 Å². The van der Waals surface area contributed by atoms with Gasteiger partial charge in [-0.15, -0.1) is 0 Å². The molecule has 2 amide bonds. The molecule has 1 atom stereocenters. The van der Waals surface area contributed by atoms with Crippen LogP contribution in [0, 0.1) is 0 Å². The van der Waals surface area contributed by atoms with Gasteiger partial charge in [-0.05, 0) is 6.42 Å². The first-order valence-electron chi connectivity index (χ1n) is 3.68. The summed E-state index contributed by atoms with van der Waals surface area (Å²) in [4.78, 5) is 23.1. The normalized spacial score (nSPS) is 22.9. The molecule has 0 saturated carbocycles. The van der Waals surface area contributed by atoms with Crippen LogP contribution in [0.5, 0.6) is 0 Å². The van der Waals surface area contributed by atoms with Gasteiger partial charge in [-0.3, -0.25) is 19.9 Å². The Bertz CT molecular complexity index is 206. The van der Waals surface area contributed by atoms with Crippen LogP contribution in [0.2, 0.25) is 0 Å². The summed E-state index contributed by atoms with van der Waals surface area (Å²) in [5.41, 5.74) is 7.05. The second kappa shape index (κ2) is 3.51. The zero-order valence-electron chi connectivity index (χ0n) is 6.62. The molecule has 12 heavy (non-hydrogen) atoms. The van der Waals surface area contributed by atoms with Crippen molar-refractivity contribution in [3.05, 3.63) is 0 Å². The molecule has 5 N–H and O–H groups in total. The summed E-state index contributed by atoms with van der Waals surface area (Å²) in [5.74, 6) is 4.19. The quantitative estimate of drug-likeness (QED) is 0.249. The van der Waals surface area contributed by atoms with E-state index in [0.717, 1.165) is 13.0 Å². The molecule has 0 spiro atoms. The van der Waals surface area contributed by atoms with Crippen LogP contribution in [-0.4, -0.2) is 35.8 Å². The van der Waals surface area contributed by atoms with E-state index in [1.54, 1.807) is 4.90 Å². The maximum Gasteiger partial charge on any atom is 0.248 e. The Hall–Kier alpha value is -1.14. The van der Waals surface area contributed by atoms with Crippen molar-refractivity contribution < 1.29 is 9.59 Å². The zero-order chi connectivity index (χ0) is 9.14. The molecule has 6 heteroatoms. The van der Waals surface area contributed by atoms with Crippen LogP contribution in [0.25, 0.3) is 0 Å². The van der Waals surface area contributed by atoms with Gasteiger partial charge in [0.25, 0.3) is 0 Å². The third-order valence-electron chi connectivity index (χ3n) is 1.97. The van der Waals surface area contributed by atoms with E-state index >= 15 is 0 Å². The van der Waals surface area contributed by atoms with Gasteiger partial charge in [0.1, 0.15) is 0 Å². The van der Waals surface area contributed by atoms with Gasteiger partial charge in [-0.1, -0.05) is 0 Å². The summed E-state index contributed by atoms with van der Waals surface area (Å²) >= 11 is 0. The highest BCUT2D eigenvalue weighted by Gasteiger charge is 2.33. The fourth-order valence-corrected chi connectivity index (χ4v) is 1.18. The number of carbonyl (C=O) groups is 2. The molecule has 1 unspecified atom stereocenters. The number of primary amides is 1. The van der Waals surface area contributed by atoms with Crippen LogP contribution >= 0.6 is 0 Å². The van der Waals surface area contributed by atoms with Crippen molar-refractivity contribution in [2.75, 3.05) is 13.1 Å². The standard InChI is InChI=1S/C6H12N4O2/c7-6(12)4-1-2-10(4)3-5(11)9-8/h4H,1-3,8H2,(H2,7,12)(H,9,11). The number of hydrogen-bond acceptors (Lipinski definition) is 4. The predicted molar refractivity (Wildman–Crippen MR) is 41.5 cm³/mol. The monoisotopic (exact) mass is 172 g/mol. The second-order valence-electron chi connectivity index (χ2n) is 2.74. The summed E-state index contributed by atoms with van der Waals surface area (Å²) in [7, 11) is 0. The molecule has 0 aromatic heterocycles. The third-order valence-corrected chi connectivity index (χ3v) is 1.97. The van der Waals surface area contributed by atoms with Gasteiger partial charge in [0.05, 0.1) is 12.6 Å². The van der Waals surface area contributed by atoms with E-state index in [4.69, 9.17) is 11.6 Å². The molecule has 1 saturated heterocycles. The molecule has 0 aromatic rings. The first kappa shape index (κ1) is 8.95. The van der Waals surface area contributed by atoms with Crippen LogP contribution in [0.3, 0.4) is 0 Å². The van der Waals surface area contributed by atoms with E-state index < -0.39 is 0 Å². The van der Waals surface area contributed by atoms with Crippen molar-refractivity contribution in [2.45, 2.75) is 12.5 Å². The number of nitrogens with two attached hydrogens (primary N) is 2. The van der Waals surface area contributed by atoms with Crippen LogP contribution in [0.15, 0.2) is 0 Å².